The first-order valence-electron chi connectivity index (χ1n) is 11.3. The number of likely N-dealkylation sites (N-methyl/N-ethyl adjacent to an activating group) is 1. The van der Waals surface area contributed by atoms with E-state index in [0.29, 0.717) is 6.42 Å². The normalized spacial score (nSPS) is 23.0. The van der Waals surface area contributed by atoms with Crippen LogP contribution in [0.3, 0.4) is 0 Å². The van der Waals surface area contributed by atoms with E-state index in [1.165, 1.54) is 11.3 Å². The number of hydrogen-bond donors (Lipinski definition) is 2. The Balaban J connectivity index is 1.31. The molecule has 172 valence electrons. The smallest absolute Gasteiger partial charge is 0.227 e. The van der Waals surface area contributed by atoms with Crippen LogP contribution >= 0.6 is 0 Å². The van der Waals surface area contributed by atoms with Crippen LogP contribution in [0, 0.1) is 6.92 Å². The Morgan fingerprint density at radius 3 is 2.78 bits per heavy atom. The highest BCUT2D eigenvalue weighted by molar-refractivity contribution is 5.79. The van der Waals surface area contributed by atoms with Gasteiger partial charge in [-0.3, -0.25) is 10.1 Å². The van der Waals surface area contributed by atoms with Gasteiger partial charge in [-0.05, 0) is 49.6 Å². The van der Waals surface area contributed by atoms with Gasteiger partial charge in [-0.2, -0.15) is 0 Å². The average molecular weight is 438 g/mol. The van der Waals surface area contributed by atoms with Crippen LogP contribution < -0.4 is 15.4 Å². The summed E-state index contributed by atoms with van der Waals surface area (Å²) in [6.07, 6.45) is 8.02. The van der Waals surface area contributed by atoms with E-state index < -0.39 is 0 Å². The average Bonchev–Trinajstić information content (AvgIpc) is 3.35. The minimum absolute atomic E-state index is 0.0736. The monoisotopic (exact) mass is 437 g/mol. The molecule has 0 aromatic heterocycles. The summed E-state index contributed by atoms with van der Waals surface area (Å²) in [5.74, 6) is 0.972. The molecule has 7 nitrogen and oxygen atoms in total. The number of benzene rings is 1. The number of carbonyl (C=O) groups is 1. The summed E-state index contributed by atoms with van der Waals surface area (Å²) in [5, 5.41) is 7.26. The fraction of sp³-hybridized carbons (Fsp3) is 0.480. The maximum Gasteiger partial charge on any atom is 0.227 e. The number of rotatable bonds is 6. The van der Waals surface area contributed by atoms with Crippen molar-refractivity contribution in [1.82, 2.24) is 25.3 Å². The molecule has 1 aromatic rings. The molecule has 1 saturated heterocycles. The second kappa shape index (κ2) is 9.28. The van der Waals surface area contributed by atoms with Crippen molar-refractivity contribution in [2.45, 2.75) is 38.9 Å². The lowest BCUT2D eigenvalue weighted by Gasteiger charge is -2.28. The minimum Gasteiger partial charge on any atom is -0.497 e. The van der Waals surface area contributed by atoms with Gasteiger partial charge in [0.15, 0.2) is 0 Å². The Morgan fingerprint density at radius 1 is 1.28 bits per heavy atom. The van der Waals surface area contributed by atoms with Crippen molar-refractivity contribution in [2.75, 3.05) is 41.0 Å². The van der Waals surface area contributed by atoms with Gasteiger partial charge < -0.3 is 24.8 Å². The van der Waals surface area contributed by atoms with Crippen molar-refractivity contribution in [2.24, 2.45) is 0 Å². The molecule has 1 fully saturated rings. The highest BCUT2D eigenvalue weighted by atomic mass is 16.5. The molecule has 0 aliphatic carbocycles. The van der Waals surface area contributed by atoms with E-state index in [4.69, 9.17) is 4.74 Å². The van der Waals surface area contributed by atoms with Crippen LogP contribution in [-0.4, -0.2) is 73.8 Å². The third kappa shape index (κ3) is 4.78. The van der Waals surface area contributed by atoms with E-state index >= 15 is 0 Å². The number of dihydropyridines is 1. The standard InChI is InChI=1S/C25H35N5O2/c1-17-6-7-21(32-5)12-19(17)13-25(31)30-11-10-20(14-30)27-24-9-8-22(18(2)26-24)23-15-28(3)16-29(23)4/h6-9,12,15,20,24,26-27H,10-11,13-14,16H2,1-5H3. The van der Waals surface area contributed by atoms with Gasteiger partial charge in [0.25, 0.3) is 0 Å². The van der Waals surface area contributed by atoms with Gasteiger partial charge in [-0.1, -0.05) is 12.1 Å². The Kier molecular flexibility index (Phi) is 6.46. The lowest BCUT2D eigenvalue weighted by atomic mass is 10.0. The van der Waals surface area contributed by atoms with Gasteiger partial charge in [-0.25, -0.2) is 0 Å². The number of nitrogens with one attached hydrogen (secondary N) is 2. The zero-order valence-electron chi connectivity index (χ0n) is 19.8. The van der Waals surface area contributed by atoms with Crippen molar-refractivity contribution >= 4 is 5.91 Å². The molecule has 0 radical (unpaired) electrons. The van der Waals surface area contributed by atoms with Crippen molar-refractivity contribution in [3.8, 4) is 5.75 Å². The molecule has 2 unspecified atom stereocenters. The molecule has 3 heterocycles. The number of nitrogens with zero attached hydrogens (tertiary/aromatic N) is 3. The molecule has 0 spiro atoms. The number of carbonyl (C=O) groups excluding carboxylic acids is 1. The highest BCUT2D eigenvalue weighted by Gasteiger charge is 2.29. The van der Waals surface area contributed by atoms with Gasteiger partial charge in [0.1, 0.15) is 5.75 Å². The van der Waals surface area contributed by atoms with E-state index in [1.807, 2.05) is 30.0 Å². The van der Waals surface area contributed by atoms with Gasteiger partial charge in [-0.15, -0.1) is 0 Å². The number of hydrogen-bond acceptors (Lipinski definition) is 6. The predicted octanol–water partition coefficient (Wildman–Crippen LogP) is 2.17. The second-order valence-electron chi connectivity index (χ2n) is 9.09. The van der Waals surface area contributed by atoms with E-state index in [1.54, 1.807) is 7.11 Å². The van der Waals surface area contributed by atoms with Crippen molar-refractivity contribution in [3.63, 3.8) is 0 Å². The molecule has 0 bridgehead atoms. The zero-order chi connectivity index (χ0) is 22.8. The fourth-order valence-electron chi connectivity index (χ4n) is 4.70. The summed E-state index contributed by atoms with van der Waals surface area (Å²) in [5.41, 5.74) is 5.78. The first-order valence-corrected chi connectivity index (χ1v) is 11.3. The number of aryl methyl sites for hydroxylation is 1. The number of ether oxygens (including phenoxy) is 1. The van der Waals surface area contributed by atoms with E-state index in [0.717, 1.165) is 48.8 Å². The molecule has 2 N–H and O–H groups in total. The van der Waals surface area contributed by atoms with Crippen LogP contribution in [0.5, 0.6) is 5.75 Å². The largest absolute Gasteiger partial charge is 0.497 e. The van der Waals surface area contributed by atoms with Crippen LogP contribution in [0.1, 0.15) is 24.5 Å². The summed E-state index contributed by atoms with van der Waals surface area (Å²) in [4.78, 5) is 19.3. The fourth-order valence-corrected chi connectivity index (χ4v) is 4.70. The maximum atomic E-state index is 12.9. The van der Waals surface area contributed by atoms with Gasteiger partial charge in [0, 0.05) is 50.7 Å². The molecule has 4 rings (SSSR count). The van der Waals surface area contributed by atoms with Gasteiger partial charge >= 0.3 is 0 Å². The van der Waals surface area contributed by atoms with Crippen molar-refractivity contribution in [3.05, 3.63) is 64.6 Å². The molecule has 32 heavy (non-hydrogen) atoms. The van der Waals surface area contributed by atoms with Crippen molar-refractivity contribution in [1.29, 1.82) is 0 Å². The summed E-state index contributed by atoms with van der Waals surface area (Å²) in [7, 11) is 5.86. The number of allylic oxidation sites excluding steroid dienone is 2. The molecular formula is C25H35N5O2. The van der Waals surface area contributed by atoms with E-state index in [9.17, 15) is 4.79 Å². The van der Waals surface area contributed by atoms with Gasteiger partial charge in [0.2, 0.25) is 5.91 Å². The van der Waals surface area contributed by atoms with E-state index in [-0.39, 0.29) is 18.1 Å². The topological polar surface area (TPSA) is 60.1 Å². The molecule has 1 aromatic carbocycles. The summed E-state index contributed by atoms with van der Waals surface area (Å²) >= 11 is 0. The van der Waals surface area contributed by atoms with Crippen LogP contribution in [-0.2, 0) is 11.2 Å². The minimum atomic E-state index is 0.0736. The van der Waals surface area contributed by atoms with Crippen LogP contribution in [0.15, 0.2) is 53.5 Å². The third-order valence-electron chi connectivity index (χ3n) is 6.55. The summed E-state index contributed by atoms with van der Waals surface area (Å²) in [6, 6.07) is 6.20. The maximum absolute atomic E-state index is 12.9. The first-order chi connectivity index (χ1) is 15.3. The number of likely N-dealkylation sites (tertiary alicyclic amines) is 1. The molecule has 3 aliphatic heterocycles. The number of amides is 1. The van der Waals surface area contributed by atoms with Crippen molar-refractivity contribution < 1.29 is 9.53 Å². The molecular weight excluding hydrogens is 402 g/mol. The predicted molar refractivity (Wildman–Crippen MR) is 127 cm³/mol. The third-order valence-corrected chi connectivity index (χ3v) is 6.55. The Morgan fingerprint density at radius 2 is 2.09 bits per heavy atom. The Bertz CT molecular complexity index is 967. The summed E-state index contributed by atoms with van der Waals surface area (Å²) < 4.78 is 5.32. The molecule has 1 amide bonds. The Hall–Kier alpha value is -2.93. The molecule has 0 saturated carbocycles. The lowest BCUT2D eigenvalue weighted by Crippen LogP contribution is -2.48. The lowest BCUT2D eigenvalue weighted by molar-refractivity contribution is -0.129. The molecule has 3 aliphatic rings. The SMILES string of the molecule is COc1ccc(C)c(CC(=O)N2CCC(NC3C=CC(C4=CN(C)CN4C)=C(C)N3)C2)c1. The molecule has 2 atom stereocenters. The zero-order valence-corrected chi connectivity index (χ0v) is 19.8. The highest BCUT2D eigenvalue weighted by Crippen LogP contribution is 2.26. The molecule has 7 heteroatoms. The van der Waals surface area contributed by atoms with Crippen LogP contribution in [0.4, 0.5) is 0 Å². The quantitative estimate of drug-likeness (QED) is 0.712. The summed E-state index contributed by atoms with van der Waals surface area (Å²) in [6.45, 7) is 6.60. The number of methoxy groups -OCH3 is 1. The van der Waals surface area contributed by atoms with E-state index in [2.05, 4.69) is 59.8 Å². The Labute approximate surface area is 191 Å². The van der Waals surface area contributed by atoms with Gasteiger partial charge in [0.05, 0.1) is 32.1 Å². The second-order valence-corrected chi connectivity index (χ2v) is 9.09. The van der Waals surface area contributed by atoms with Crippen LogP contribution in [0.25, 0.3) is 0 Å². The van der Waals surface area contributed by atoms with Crippen LogP contribution in [0.2, 0.25) is 0 Å². The first kappa shape index (κ1) is 22.3.